The van der Waals surface area contributed by atoms with Crippen LogP contribution in [0.4, 0.5) is 4.39 Å². The third-order valence-corrected chi connectivity index (χ3v) is 5.01. The van der Waals surface area contributed by atoms with Crippen LogP contribution in [-0.2, 0) is 19.4 Å². The van der Waals surface area contributed by atoms with Gasteiger partial charge in [-0.1, -0.05) is 39.8 Å². The summed E-state index contributed by atoms with van der Waals surface area (Å²) < 4.78 is 21.5. The summed E-state index contributed by atoms with van der Waals surface area (Å²) in [5, 5.41) is 9.19. The average molecular weight is 408 g/mol. The number of benzene rings is 2. The molecule has 0 bridgehead atoms. The molecule has 0 spiro atoms. The summed E-state index contributed by atoms with van der Waals surface area (Å²) in [5.41, 5.74) is 1.22. The van der Waals surface area contributed by atoms with Gasteiger partial charge < -0.3 is 9.30 Å². The first-order chi connectivity index (χ1) is 11.6. The zero-order chi connectivity index (χ0) is 16.9. The van der Waals surface area contributed by atoms with Crippen LogP contribution < -0.4 is 4.74 Å². The highest BCUT2D eigenvalue weighted by Crippen LogP contribution is 2.22. The quantitative estimate of drug-likeness (QED) is 0.560. The Kier molecular flexibility index (Phi) is 5.52. The maximum absolute atomic E-state index is 12.9. The number of hydrogen-bond acceptors (Lipinski definition) is 4. The molecule has 0 amide bonds. The van der Waals surface area contributed by atoms with Crippen molar-refractivity contribution in [2.24, 2.45) is 7.05 Å². The molecular formula is C17H15BrFN3OS. The molecule has 1 heterocycles. The minimum Gasteiger partial charge on any atom is -0.486 e. The SMILES string of the molecule is Cn1c(COc2ccc(F)cc2)nnc1SCc1ccc(Br)cc1. The molecule has 0 fully saturated rings. The lowest BCUT2D eigenvalue weighted by Gasteiger charge is -2.06. The van der Waals surface area contributed by atoms with Gasteiger partial charge in [0.25, 0.3) is 0 Å². The molecule has 0 radical (unpaired) electrons. The van der Waals surface area contributed by atoms with Crippen molar-refractivity contribution in [3.8, 4) is 5.75 Å². The van der Waals surface area contributed by atoms with Gasteiger partial charge in [-0.3, -0.25) is 0 Å². The van der Waals surface area contributed by atoms with Crippen LogP contribution in [0.1, 0.15) is 11.4 Å². The van der Waals surface area contributed by atoms with Crippen LogP contribution in [0.5, 0.6) is 5.75 Å². The van der Waals surface area contributed by atoms with E-state index in [4.69, 9.17) is 4.74 Å². The van der Waals surface area contributed by atoms with Crippen LogP contribution in [0.2, 0.25) is 0 Å². The lowest BCUT2D eigenvalue weighted by Crippen LogP contribution is -2.04. The second-order valence-electron chi connectivity index (χ2n) is 5.12. The Bertz CT molecular complexity index is 739. The van der Waals surface area contributed by atoms with Crippen LogP contribution >= 0.6 is 27.7 Å². The number of hydrogen-bond donors (Lipinski definition) is 0. The molecular weight excluding hydrogens is 393 g/mol. The van der Waals surface area contributed by atoms with E-state index in [9.17, 15) is 4.39 Å². The van der Waals surface area contributed by atoms with Crippen molar-refractivity contribution in [1.82, 2.24) is 14.8 Å². The van der Waals surface area contributed by atoms with Crippen LogP contribution in [0.3, 0.4) is 0 Å². The van der Waals surface area contributed by atoms with Gasteiger partial charge >= 0.3 is 0 Å². The third kappa shape index (κ3) is 4.36. The highest BCUT2D eigenvalue weighted by molar-refractivity contribution is 9.10. The van der Waals surface area contributed by atoms with E-state index in [0.29, 0.717) is 5.75 Å². The number of aromatic nitrogens is 3. The van der Waals surface area contributed by atoms with Gasteiger partial charge in [-0.2, -0.15) is 0 Å². The monoisotopic (exact) mass is 407 g/mol. The molecule has 2 aromatic carbocycles. The normalized spacial score (nSPS) is 10.8. The molecule has 3 rings (SSSR count). The molecule has 0 N–H and O–H groups in total. The Morgan fingerprint density at radius 1 is 1.08 bits per heavy atom. The number of rotatable bonds is 6. The van der Waals surface area contributed by atoms with E-state index in [-0.39, 0.29) is 12.4 Å². The highest BCUT2D eigenvalue weighted by Gasteiger charge is 2.10. The van der Waals surface area contributed by atoms with Gasteiger partial charge in [0.15, 0.2) is 11.0 Å². The van der Waals surface area contributed by atoms with Crippen molar-refractivity contribution >= 4 is 27.7 Å². The summed E-state index contributed by atoms with van der Waals surface area (Å²) in [7, 11) is 1.91. The average Bonchev–Trinajstić information content (AvgIpc) is 2.94. The molecule has 24 heavy (non-hydrogen) atoms. The standard InChI is InChI=1S/C17H15BrFN3OS/c1-22-16(10-23-15-8-6-14(19)7-9-15)20-21-17(22)24-11-12-2-4-13(18)5-3-12/h2-9H,10-11H2,1H3. The summed E-state index contributed by atoms with van der Waals surface area (Å²) >= 11 is 5.05. The highest BCUT2D eigenvalue weighted by atomic mass is 79.9. The van der Waals surface area contributed by atoms with E-state index < -0.39 is 0 Å². The Morgan fingerprint density at radius 3 is 2.50 bits per heavy atom. The molecule has 0 unspecified atom stereocenters. The topological polar surface area (TPSA) is 39.9 Å². The van der Waals surface area contributed by atoms with Gasteiger partial charge in [0.2, 0.25) is 0 Å². The maximum atomic E-state index is 12.9. The molecule has 124 valence electrons. The third-order valence-electron chi connectivity index (χ3n) is 3.39. The van der Waals surface area contributed by atoms with Gasteiger partial charge in [-0.15, -0.1) is 10.2 Å². The second-order valence-corrected chi connectivity index (χ2v) is 6.97. The summed E-state index contributed by atoms with van der Waals surface area (Å²) in [4.78, 5) is 0. The zero-order valence-electron chi connectivity index (χ0n) is 12.9. The van der Waals surface area contributed by atoms with Gasteiger partial charge in [-0.05, 0) is 42.0 Å². The van der Waals surface area contributed by atoms with E-state index in [0.717, 1.165) is 21.2 Å². The van der Waals surface area contributed by atoms with E-state index >= 15 is 0 Å². The minimum atomic E-state index is -0.285. The number of nitrogens with zero attached hydrogens (tertiary/aromatic N) is 3. The minimum absolute atomic E-state index is 0.285. The van der Waals surface area contributed by atoms with Crippen LogP contribution in [0.15, 0.2) is 58.2 Å². The van der Waals surface area contributed by atoms with Gasteiger partial charge in [-0.25, -0.2) is 4.39 Å². The predicted octanol–water partition coefficient (Wildman–Crippen LogP) is 4.59. The first-order valence-electron chi connectivity index (χ1n) is 7.26. The van der Waals surface area contributed by atoms with E-state index in [2.05, 4.69) is 38.3 Å². The summed E-state index contributed by atoms with van der Waals surface area (Å²) in [6.45, 7) is 0.286. The number of thioether (sulfide) groups is 1. The molecule has 3 aromatic rings. The van der Waals surface area contributed by atoms with E-state index in [1.807, 2.05) is 23.7 Å². The summed E-state index contributed by atoms with van der Waals surface area (Å²) in [6, 6.07) is 14.1. The lowest BCUT2D eigenvalue weighted by molar-refractivity contribution is 0.290. The van der Waals surface area contributed by atoms with Crippen molar-refractivity contribution < 1.29 is 9.13 Å². The summed E-state index contributed by atoms with van der Waals surface area (Å²) in [5.74, 6) is 1.85. The van der Waals surface area contributed by atoms with Crippen molar-refractivity contribution in [3.63, 3.8) is 0 Å². The Labute approximate surface area is 152 Å². The molecule has 0 aliphatic carbocycles. The van der Waals surface area contributed by atoms with Crippen LogP contribution in [0, 0.1) is 5.82 Å². The molecule has 0 atom stereocenters. The first-order valence-corrected chi connectivity index (χ1v) is 9.03. The first kappa shape index (κ1) is 17.0. The molecule has 4 nitrogen and oxygen atoms in total. The molecule has 0 saturated heterocycles. The largest absolute Gasteiger partial charge is 0.486 e. The van der Waals surface area contributed by atoms with Crippen LogP contribution in [0.25, 0.3) is 0 Å². The Morgan fingerprint density at radius 2 is 1.79 bits per heavy atom. The van der Waals surface area contributed by atoms with Gasteiger partial charge in [0.1, 0.15) is 18.2 Å². The van der Waals surface area contributed by atoms with Crippen molar-refractivity contribution in [2.75, 3.05) is 0 Å². The fourth-order valence-electron chi connectivity index (χ4n) is 2.00. The smallest absolute Gasteiger partial charge is 0.191 e. The lowest BCUT2D eigenvalue weighted by atomic mass is 10.2. The van der Waals surface area contributed by atoms with E-state index in [1.54, 1.807) is 23.9 Å². The van der Waals surface area contributed by atoms with Gasteiger partial charge in [0, 0.05) is 17.3 Å². The van der Waals surface area contributed by atoms with E-state index in [1.165, 1.54) is 17.7 Å². The fourth-order valence-corrected chi connectivity index (χ4v) is 3.15. The number of ether oxygens (including phenoxy) is 1. The summed E-state index contributed by atoms with van der Waals surface area (Å²) in [6.07, 6.45) is 0. The maximum Gasteiger partial charge on any atom is 0.191 e. The molecule has 1 aromatic heterocycles. The number of halogens is 2. The van der Waals surface area contributed by atoms with Crippen molar-refractivity contribution in [3.05, 3.63) is 70.2 Å². The fraction of sp³-hybridized carbons (Fsp3) is 0.176. The van der Waals surface area contributed by atoms with Gasteiger partial charge in [0.05, 0.1) is 0 Å². The zero-order valence-corrected chi connectivity index (χ0v) is 15.3. The Balaban J connectivity index is 1.58. The van der Waals surface area contributed by atoms with Crippen molar-refractivity contribution in [1.29, 1.82) is 0 Å². The molecule has 7 heteroatoms. The molecule has 0 aliphatic rings. The Hall–Kier alpha value is -1.86. The van der Waals surface area contributed by atoms with Crippen molar-refractivity contribution in [2.45, 2.75) is 17.5 Å². The molecule has 0 aliphatic heterocycles. The van der Waals surface area contributed by atoms with Crippen LogP contribution in [-0.4, -0.2) is 14.8 Å². The molecule has 0 saturated carbocycles. The second kappa shape index (κ2) is 7.81. The predicted molar refractivity (Wildman–Crippen MR) is 95.4 cm³/mol.